The largest absolute Gasteiger partial charge is 0.353 e. The maximum atomic E-state index is 12.5. The van der Waals surface area contributed by atoms with E-state index in [0.717, 1.165) is 31.4 Å². The highest BCUT2D eigenvalue weighted by Crippen LogP contribution is 2.28. The van der Waals surface area contributed by atoms with Crippen molar-refractivity contribution in [2.75, 3.05) is 5.32 Å². The molecule has 7 heteroatoms. The molecule has 0 spiro atoms. The first kappa shape index (κ1) is 17.5. The average Bonchev–Trinajstić information content (AvgIpc) is 2.68. The van der Waals surface area contributed by atoms with E-state index in [2.05, 4.69) is 15.4 Å². The molecule has 0 aliphatic heterocycles. The van der Waals surface area contributed by atoms with Gasteiger partial charge in [0.05, 0.1) is 22.6 Å². The van der Waals surface area contributed by atoms with Gasteiger partial charge in [-0.1, -0.05) is 12.1 Å². The van der Waals surface area contributed by atoms with Gasteiger partial charge in [-0.3, -0.25) is 14.2 Å². The van der Waals surface area contributed by atoms with Crippen LogP contribution in [0.15, 0.2) is 46.0 Å². The number of hydrogen-bond donors (Lipinski definition) is 1. The molecule has 1 saturated carbocycles. The van der Waals surface area contributed by atoms with Gasteiger partial charge in [0, 0.05) is 19.2 Å². The molecule has 1 N–H and O–H groups in total. The molecule has 3 aromatic rings. The van der Waals surface area contributed by atoms with Gasteiger partial charge in [-0.2, -0.15) is 5.10 Å². The molecular weight excluding hydrogens is 342 g/mol. The summed E-state index contributed by atoms with van der Waals surface area (Å²) < 4.78 is 3.19. The van der Waals surface area contributed by atoms with E-state index in [9.17, 15) is 9.59 Å². The summed E-state index contributed by atoms with van der Waals surface area (Å²) in [6.45, 7) is 1.90. The van der Waals surface area contributed by atoms with E-state index in [-0.39, 0.29) is 23.2 Å². The first-order valence-corrected chi connectivity index (χ1v) is 9.32. The lowest BCUT2D eigenvalue weighted by Gasteiger charge is -2.30. The van der Waals surface area contributed by atoms with E-state index in [1.54, 1.807) is 34.5 Å². The molecular formula is C20H23N5O2. The van der Waals surface area contributed by atoms with Gasteiger partial charge >= 0.3 is 0 Å². The summed E-state index contributed by atoms with van der Waals surface area (Å²) in [5.74, 6) is 0.591. The van der Waals surface area contributed by atoms with Crippen LogP contribution in [0.25, 0.3) is 10.9 Å². The first-order chi connectivity index (χ1) is 13.0. The average molecular weight is 365 g/mol. The topological polar surface area (TPSA) is 81.8 Å². The van der Waals surface area contributed by atoms with Crippen LogP contribution in [0, 0.1) is 6.92 Å². The Bertz CT molecular complexity index is 1090. The number of para-hydroxylation sites is 1. The van der Waals surface area contributed by atoms with E-state index in [1.165, 1.54) is 0 Å². The monoisotopic (exact) mass is 365 g/mol. The number of anilines is 1. The maximum absolute atomic E-state index is 12.5. The predicted octanol–water partition coefficient (Wildman–Crippen LogP) is 2.39. The molecule has 1 aliphatic rings. The number of nitrogens with zero attached hydrogens (tertiary/aromatic N) is 4. The van der Waals surface area contributed by atoms with Crippen LogP contribution in [-0.4, -0.2) is 25.4 Å². The lowest BCUT2D eigenvalue weighted by molar-refractivity contribution is 0.301. The van der Waals surface area contributed by atoms with Gasteiger partial charge < -0.3 is 5.32 Å². The summed E-state index contributed by atoms with van der Waals surface area (Å²) in [5.41, 5.74) is 1.46. The highest BCUT2D eigenvalue weighted by molar-refractivity contribution is 5.78. The van der Waals surface area contributed by atoms with Crippen LogP contribution in [0.2, 0.25) is 0 Å². The molecule has 1 fully saturated rings. The molecule has 0 amide bonds. The molecule has 2 heterocycles. The zero-order chi connectivity index (χ0) is 19.0. The fraction of sp³-hybridized carbons (Fsp3) is 0.400. The second kappa shape index (κ2) is 6.98. The van der Waals surface area contributed by atoms with E-state index in [0.29, 0.717) is 16.9 Å². The van der Waals surface area contributed by atoms with Crippen molar-refractivity contribution >= 4 is 16.9 Å². The molecule has 0 radical (unpaired) electrons. The second-order valence-corrected chi connectivity index (χ2v) is 7.22. The van der Waals surface area contributed by atoms with Crippen molar-refractivity contribution in [2.45, 2.75) is 44.7 Å². The first-order valence-electron chi connectivity index (χ1n) is 9.32. The van der Waals surface area contributed by atoms with E-state index >= 15 is 0 Å². The number of nitrogens with one attached hydrogen (secondary N) is 1. The van der Waals surface area contributed by atoms with Crippen LogP contribution >= 0.6 is 0 Å². The number of aryl methyl sites for hydroxylation is 1. The lowest BCUT2D eigenvalue weighted by atomic mass is 9.91. The molecule has 1 aromatic carbocycles. The Balaban J connectivity index is 1.51. The van der Waals surface area contributed by atoms with Crippen LogP contribution < -0.4 is 16.4 Å². The number of hydrogen-bond acceptors (Lipinski definition) is 5. The number of benzene rings is 1. The molecule has 1 aliphatic carbocycles. The van der Waals surface area contributed by atoms with Crippen molar-refractivity contribution in [2.24, 2.45) is 7.05 Å². The second-order valence-electron chi connectivity index (χ2n) is 7.22. The quantitative estimate of drug-likeness (QED) is 0.771. The molecule has 140 valence electrons. The number of fused-ring (bicyclic) bond motifs is 1. The maximum Gasteiger partial charge on any atom is 0.267 e. The van der Waals surface area contributed by atoms with Gasteiger partial charge in [0.1, 0.15) is 0 Å². The Morgan fingerprint density at radius 3 is 2.56 bits per heavy atom. The van der Waals surface area contributed by atoms with Crippen molar-refractivity contribution in [1.29, 1.82) is 0 Å². The van der Waals surface area contributed by atoms with Crippen LogP contribution in [0.1, 0.15) is 37.4 Å². The zero-order valence-electron chi connectivity index (χ0n) is 15.6. The van der Waals surface area contributed by atoms with Gasteiger partial charge in [0.15, 0.2) is 0 Å². The van der Waals surface area contributed by atoms with Gasteiger partial charge in [-0.15, -0.1) is 0 Å². The third kappa shape index (κ3) is 3.37. The molecule has 0 saturated heterocycles. The molecule has 0 atom stereocenters. The van der Waals surface area contributed by atoms with Gasteiger partial charge in [-0.25, -0.2) is 9.67 Å². The number of rotatable bonds is 3. The van der Waals surface area contributed by atoms with Crippen molar-refractivity contribution in [3.63, 3.8) is 0 Å². The fourth-order valence-electron chi connectivity index (χ4n) is 3.78. The van der Waals surface area contributed by atoms with Crippen LogP contribution in [0.5, 0.6) is 0 Å². The smallest absolute Gasteiger partial charge is 0.267 e. The molecule has 0 bridgehead atoms. The minimum atomic E-state index is -0.0488. The Labute approximate surface area is 156 Å². The highest BCUT2D eigenvalue weighted by Gasteiger charge is 2.24. The molecule has 4 rings (SSSR count). The Morgan fingerprint density at radius 1 is 1.04 bits per heavy atom. The highest BCUT2D eigenvalue weighted by atomic mass is 16.1. The van der Waals surface area contributed by atoms with E-state index in [1.807, 2.05) is 25.1 Å². The number of aromatic nitrogens is 4. The van der Waals surface area contributed by atoms with Gasteiger partial charge in [0.2, 0.25) is 5.95 Å². The summed E-state index contributed by atoms with van der Waals surface area (Å²) in [6.07, 6.45) is 3.54. The van der Waals surface area contributed by atoms with Crippen molar-refractivity contribution in [1.82, 2.24) is 19.3 Å². The van der Waals surface area contributed by atoms with Gasteiger partial charge in [-0.05, 0) is 50.8 Å². The Hall–Kier alpha value is -2.96. The van der Waals surface area contributed by atoms with Crippen molar-refractivity contribution < 1.29 is 0 Å². The summed E-state index contributed by atoms with van der Waals surface area (Å²) in [7, 11) is 1.74. The summed E-state index contributed by atoms with van der Waals surface area (Å²) >= 11 is 0. The minimum Gasteiger partial charge on any atom is -0.353 e. The summed E-state index contributed by atoms with van der Waals surface area (Å²) in [6, 6.07) is 11.1. The molecule has 0 unspecified atom stereocenters. The van der Waals surface area contributed by atoms with E-state index in [4.69, 9.17) is 0 Å². The summed E-state index contributed by atoms with van der Waals surface area (Å²) in [5, 5.41) is 8.44. The molecule has 27 heavy (non-hydrogen) atoms. The van der Waals surface area contributed by atoms with Gasteiger partial charge in [0.25, 0.3) is 11.1 Å². The van der Waals surface area contributed by atoms with Crippen LogP contribution in [0.4, 0.5) is 5.95 Å². The molecule has 7 nitrogen and oxygen atoms in total. The third-order valence-electron chi connectivity index (χ3n) is 5.32. The predicted molar refractivity (Wildman–Crippen MR) is 105 cm³/mol. The Kier molecular flexibility index (Phi) is 4.51. The van der Waals surface area contributed by atoms with Crippen LogP contribution in [-0.2, 0) is 7.05 Å². The minimum absolute atomic E-state index is 0.0457. The fourth-order valence-corrected chi connectivity index (χ4v) is 3.78. The van der Waals surface area contributed by atoms with E-state index < -0.39 is 0 Å². The zero-order valence-corrected chi connectivity index (χ0v) is 15.6. The SMILES string of the molecule is Cc1ccc(=O)n(C2CCC(Nc3nc4ccccc4c(=O)n3C)CC2)n1. The normalized spacial score (nSPS) is 19.9. The summed E-state index contributed by atoms with van der Waals surface area (Å²) in [4.78, 5) is 29.2. The lowest BCUT2D eigenvalue weighted by Crippen LogP contribution is -2.34. The Morgan fingerprint density at radius 2 is 1.78 bits per heavy atom. The van der Waals surface area contributed by atoms with Crippen molar-refractivity contribution in [3.8, 4) is 0 Å². The van der Waals surface area contributed by atoms with Crippen LogP contribution in [0.3, 0.4) is 0 Å². The molecule has 2 aromatic heterocycles. The third-order valence-corrected chi connectivity index (χ3v) is 5.32. The standard InChI is InChI=1S/C20H23N5O2/c1-13-7-12-18(26)25(23-13)15-10-8-14(9-11-15)21-20-22-17-6-4-3-5-16(17)19(27)24(20)2/h3-7,12,14-15H,8-11H2,1-2H3,(H,21,22). The van der Waals surface area contributed by atoms with Crippen molar-refractivity contribution in [3.05, 3.63) is 62.8 Å².